The number of rotatable bonds is 1. The van der Waals surface area contributed by atoms with Gasteiger partial charge in [0.1, 0.15) is 0 Å². The fourth-order valence-electron chi connectivity index (χ4n) is 1.67. The molecule has 2 nitrogen and oxygen atoms in total. The van der Waals surface area contributed by atoms with E-state index in [1.165, 1.54) is 0 Å². The van der Waals surface area contributed by atoms with Crippen LogP contribution in [0.15, 0.2) is 0 Å². The van der Waals surface area contributed by atoms with Crippen molar-refractivity contribution in [1.29, 1.82) is 0 Å². The van der Waals surface area contributed by atoms with Crippen molar-refractivity contribution in [3.63, 3.8) is 0 Å². The van der Waals surface area contributed by atoms with Crippen LogP contribution in [0.2, 0.25) is 0 Å². The third-order valence-corrected chi connectivity index (χ3v) is 3.81. The fraction of sp³-hybridized carbons (Fsp3) is 0.875. The second kappa shape index (κ2) is 4.33. The molecule has 2 unspecified atom stereocenters. The van der Waals surface area contributed by atoms with Gasteiger partial charge in [-0.1, -0.05) is 6.42 Å². The SMILES string of the molecule is CC(C1CCCC(S)C1)=S(=O)=O. The Bertz CT molecular complexity index is 271. The zero-order valence-corrected chi connectivity index (χ0v) is 8.87. The van der Waals surface area contributed by atoms with E-state index in [0.717, 1.165) is 25.7 Å². The lowest BCUT2D eigenvalue weighted by Crippen LogP contribution is -2.21. The zero-order valence-electron chi connectivity index (χ0n) is 7.16. The molecule has 0 bridgehead atoms. The zero-order chi connectivity index (χ0) is 9.14. The summed E-state index contributed by atoms with van der Waals surface area (Å²) in [5.74, 6) is 0.250. The van der Waals surface area contributed by atoms with Crippen LogP contribution in [0.4, 0.5) is 0 Å². The summed E-state index contributed by atoms with van der Waals surface area (Å²) in [6.07, 6.45) is 4.16. The van der Waals surface area contributed by atoms with Gasteiger partial charge in [-0.05, 0) is 32.1 Å². The Morgan fingerprint density at radius 3 is 2.58 bits per heavy atom. The second-order valence-corrected chi connectivity index (χ2v) is 5.21. The maximum atomic E-state index is 10.6. The highest BCUT2D eigenvalue weighted by molar-refractivity contribution is 7.81. The summed E-state index contributed by atoms with van der Waals surface area (Å²) in [5.41, 5.74) is 0. The van der Waals surface area contributed by atoms with Gasteiger partial charge in [0.25, 0.3) is 0 Å². The molecule has 0 radical (unpaired) electrons. The molecule has 12 heavy (non-hydrogen) atoms. The topological polar surface area (TPSA) is 34.1 Å². The first kappa shape index (κ1) is 10.1. The van der Waals surface area contributed by atoms with E-state index in [1.807, 2.05) is 0 Å². The number of hydrogen-bond acceptors (Lipinski definition) is 3. The summed E-state index contributed by atoms with van der Waals surface area (Å²) in [6.45, 7) is 1.71. The molecule has 1 fully saturated rings. The first-order chi connectivity index (χ1) is 5.61. The highest BCUT2D eigenvalue weighted by atomic mass is 32.2. The van der Waals surface area contributed by atoms with Crippen LogP contribution in [-0.2, 0) is 10.3 Å². The van der Waals surface area contributed by atoms with Crippen molar-refractivity contribution < 1.29 is 8.42 Å². The lowest BCUT2D eigenvalue weighted by molar-refractivity contribution is 0.453. The summed E-state index contributed by atoms with van der Waals surface area (Å²) >= 11 is 4.37. The van der Waals surface area contributed by atoms with Gasteiger partial charge in [-0.15, -0.1) is 0 Å². The van der Waals surface area contributed by atoms with Crippen molar-refractivity contribution in [3.05, 3.63) is 0 Å². The van der Waals surface area contributed by atoms with Gasteiger partial charge in [-0.3, -0.25) is 0 Å². The summed E-state index contributed by atoms with van der Waals surface area (Å²) < 4.78 is 21.3. The molecule has 0 amide bonds. The smallest absolute Gasteiger partial charge is 0.185 e. The van der Waals surface area contributed by atoms with Crippen molar-refractivity contribution in [3.8, 4) is 0 Å². The van der Waals surface area contributed by atoms with Gasteiger partial charge in [0.15, 0.2) is 0 Å². The molecular weight excluding hydrogens is 192 g/mol. The molecule has 1 saturated carbocycles. The van der Waals surface area contributed by atoms with E-state index >= 15 is 0 Å². The molecule has 1 aliphatic carbocycles. The van der Waals surface area contributed by atoms with E-state index in [9.17, 15) is 8.42 Å². The van der Waals surface area contributed by atoms with Crippen molar-refractivity contribution in [2.24, 2.45) is 5.92 Å². The van der Waals surface area contributed by atoms with Crippen LogP contribution in [0.1, 0.15) is 32.6 Å². The van der Waals surface area contributed by atoms with Crippen LogP contribution in [0.5, 0.6) is 0 Å². The van der Waals surface area contributed by atoms with Gasteiger partial charge in [0.05, 0.1) is 0 Å². The molecule has 0 aromatic carbocycles. The molecule has 0 aromatic rings. The first-order valence-electron chi connectivity index (χ1n) is 4.22. The first-order valence-corrected chi connectivity index (χ1v) is 5.81. The monoisotopic (exact) mass is 206 g/mol. The quantitative estimate of drug-likeness (QED) is 0.522. The van der Waals surface area contributed by atoms with Crippen molar-refractivity contribution in [2.75, 3.05) is 0 Å². The molecule has 0 saturated heterocycles. The van der Waals surface area contributed by atoms with Gasteiger partial charge in [0, 0.05) is 10.1 Å². The molecule has 1 aliphatic rings. The lowest BCUT2D eigenvalue weighted by atomic mass is 9.87. The van der Waals surface area contributed by atoms with Crippen LogP contribution in [0.3, 0.4) is 0 Å². The Morgan fingerprint density at radius 2 is 2.08 bits per heavy atom. The Hall–Kier alpha value is 0.0400. The minimum absolute atomic E-state index is 0.250. The van der Waals surface area contributed by atoms with Gasteiger partial charge >= 0.3 is 0 Å². The van der Waals surface area contributed by atoms with Crippen LogP contribution < -0.4 is 0 Å². The molecular formula is C8H14O2S2. The lowest BCUT2D eigenvalue weighted by Gasteiger charge is -2.24. The Labute approximate surface area is 80.3 Å². The van der Waals surface area contributed by atoms with E-state index < -0.39 is 10.3 Å². The van der Waals surface area contributed by atoms with E-state index in [-0.39, 0.29) is 5.92 Å². The standard InChI is InChI=1S/C8H14O2S2/c1-6(12(9)10)7-3-2-4-8(11)5-7/h7-8,11H,2-5H2,1H3. The normalized spacial score (nSPS) is 29.8. The maximum Gasteiger partial charge on any atom is 0.213 e. The summed E-state index contributed by atoms with van der Waals surface area (Å²) in [4.78, 5) is 0.605. The highest BCUT2D eigenvalue weighted by Crippen LogP contribution is 2.28. The average molecular weight is 206 g/mol. The highest BCUT2D eigenvalue weighted by Gasteiger charge is 2.21. The Morgan fingerprint density at radius 1 is 1.42 bits per heavy atom. The minimum atomic E-state index is -1.99. The predicted octanol–water partition coefficient (Wildman–Crippen LogP) is 1.55. The van der Waals surface area contributed by atoms with Gasteiger partial charge in [-0.2, -0.15) is 21.0 Å². The second-order valence-electron chi connectivity index (χ2n) is 3.36. The largest absolute Gasteiger partial charge is 0.213 e. The van der Waals surface area contributed by atoms with Gasteiger partial charge in [-0.25, -0.2) is 0 Å². The molecule has 4 heteroatoms. The summed E-state index contributed by atoms with van der Waals surface area (Å²) in [6, 6.07) is 0. The van der Waals surface area contributed by atoms with Crippen LogP contribution in [-0.4, -0.2) is 18.5 Å². The summed E-state index contributed by atoms with van der Waals surface area (Å²) in [7, 11) is -1.99. The Balaban J connectivity index is 2.70. The predicted molar refractivity (Wildman–Crippen MR) is 54.3 cm³/mol. The Kier molecular flexibility index (Phi) is 3.65. The fourth-order valence-corrected chi connectivity index (χ4v) is 2.59. The molecule has 0 N–H and O–H groups in total. The summed E-state index contributed by atoms with van der Waals surface area (Å²) in [5, 5.41) is 0.391. The molecule has 0 spiro atoms. The molecule has 0 heterocycles. The van der Waals surface area contributed by atoms with Crippen LogP contribution in [0, 0.1) is 5.92 Å². The molecule has 0 aromatic heterocycles. The third-order valence-electron chi connectivity index (χ3n) is 2.48. The molecule has 2 atom stereocenters. The van der Waals surface area contributed by atoms with Crippen LogP contribution in [0.25, 0.3) is 0 Å². The van der Waals surface area contributed by atoms with Crippen molar-refractivity contribution in [1.82, 2.24) is 0 Å². The number of thiol groups is 1. The molecule has 0 aliphatic heterocycles. The van der Waals surface area contributed by atoms with Gasteiger partial charge in [0.2, 0.25) is 10.3 Å². The number of hydrogen-bond donors (Lipinski definition) is 1. The third kappa shape index (κ3) is 2.52. The minimum Gasteiger partial charge on any atom is -0.185 e. The van der Waals surface area contributed by atoms with Crippen LogP contribution >= 0.6 is 12.6 Å². The maximum absolute atomic E-state index is 10.6. The van der Waals surface area contributed by atoms with Crippen molar-refractivity contribution in [2.45, 2.75) is 37.9 Å². The van der Waals surface area contributed by atoms with Gasteiger partial charge < -0.3 is 0 Å². The average Bonchev–Trinajstić information content (AvgIpc) is 2.03. The van der Waals surface area contributed by atoms with E-state index in [4.69, 9.17) is 0 Å². The van der Waals surface area contributed by atoms with E-state index in [2.05, 4.69) is 12.6 Å². The molecule has 70 valence electrons. The van der Waals surface area contributed by atoms with E-state index in [0.29, 0.717) is 10.1 Å². The van der Waals surface area contributed by atoms with Crippen molar-refractivity contribution >= 4 is 27.8 Å². The van der Waals surface area contributed by atoms with E-state index in [1.54, 1.807) is 6.92 Å². The molecule has 1 rings (SSSR count).